The number of amides is 1. The summed E-state index contributed by atoms with van der Waals surface area (Å²) in [6.45, 7) is 4.84. The molecule has 7 heteroatoms. The van der Waals surface area contributed by atoms with Crippen molar-refractivity contribution < 1.29 is 9.90 Å². The van der Waals surface area contributed by atoms with Gasteiger partial charge < -0.3 is 15.0 Å². The molecule has 26 heavy (non-hydrogen) atoms. The number of aryl methyl sites for hydroxylation is 2. The van der Waals surface area contributed by atoms with E-state index in [4.69, 9.17) is 0 Å². The summed E-state index contributed by atoms with van der Waals surface area (Å²) >= 11 is 0. The van der Waals surface area contributed by atoms with Crippen LogP contribution in [-0.2, 0) is 24.3 Å². The molecule has 2 N–H and O–H groups in total. The molecule has 140 valence electrons. The average molecular weight is 357 g/mol. The smallest absolute Gasteiger partial charge is 0.222 e. The molecular formula is C19H27N5O2. The Morgan fingerprint density at radius 1 is 1.42 bits per heavy atom. The molecule has 2 atom stereocenters. The summed E-state index contributed by atoms with van der Waals surface area (Å²) in [7, 11) is 0. The number of aliphatic hydroxyl groups is 1. The number of hydrogen-bond acceptors (Lipinski definition) is 5. The molecule has 3 rings (SSSR count). The lowest BCUT2D eigenvalue weighted by molar-refractivity contribution is -0.123. The van der Waals surface area contributed by atoms with E-state index in [9.17, 15) is 9.90 Å². The van der Waals surface area contributed by atoms with Crippen molar-refractivity contribution in [3.8, 4) is 0 Å². The Hall–Kier alpha value is -2.25. The zero-order valence-corrected chi connectivity index (χ0v) is 15.2. The van der Waals surface area contributed by atoms with Crippen LogP contribution in [0, 0.1) is 0 Å². The standard InChI is InChI=1S/C19H27N5O2/c1-2-18-21-8-11-24(18)10-6-19(26)22-16-5-9-23(14-17(16)25)13-15-4-3-7-20-12-15/h3-4,7-8,11-12,16-17,25H,2,5-6,9-10,13-14H2,1H3,(H,22,26). The molecule has 2 unspecified atom stereocenters. The fraction of sp³-hybridized carbons (Fsp3) is 0.526. The number of hydrogen-bond donors (Lipinski definition) is 2. The van der Waals surface area contributed by atoms with E-state index in [1.165, 1.54) is 0 Å². The molecule has 1 aliphatic heterocycles. The molecule has 2 aromatic rings. The molecule has 0 spiro atoms. The number of imidazole rings is 1. The zero-order valence-electron chi connectivity index (χ0n) is 15.2. The van der Waals surface area contributed by atoms with Gasteiger partial charge in [0.1, 0.15) is 5.82 Å². The van der Waals surface area contributed by atoms with E-state index in [0.29, 0.717) is 19.5 Å². The van der Waals surface area contributed by atoms with Gasteiger partial charge in [0.2, 0.25) is 5.91 Å². The van der Waals surface area contributed by atoms with Crippen LogP contribution in [-0.4, -0.2) is 55.7 Å². The molecule has 0 aromatic carbocycles. The normalized spacial score (nSPS) is 20.8. The maximum Gasteiger partial charge on any atom is 0.222 e. The minimum Gasteiger partial charge on any atom is -0.390 e. The first-order valence-corrected chi connectivity index (χ1v) is 9.24. The highest BCUT2D eigenvalue weighted by Crippen LogP contribution is 2.14. The highest BCUT2D eigenvalue weighted by Gasteiger charge is 2.28. The monoisotopic (exact) mass is 357 g/mol. The van der Waals surface area contributed by atoms with Crippen molar-refractivity contribution in [2.75, 3.05) is 13.1 Å². The Morgan fingerprint density at radius 2 is 2.31 bits per heavy atom. The summed E-state index contributed by atoms with van der Waals surface area (Å²) in [6, 6.07) is 3.78. The highest BCUT2D eigenvalue weighted by molar-refractivity contribution is 5.76. The first kappa shape index (κ1) is 18.5. The summed E-state index contributed by atoms with van der Waals surface area (Å²) in [5, 5.41) is 13.4. The predicted molar refractivity (Wildman–Crippen MR) is 98.3 cm³/mol. The van der Waals surface area contributed by atoms with Crippen molar-refractivity contribution in [1.29, 1.82) is 0 Å². The molecule has 7 nitrogen and oxygen atoms in total. The molecule has 0 saturated carbocycles. The summed E-state index contributed by atoms with van der Waals surface area (Å²) in [5.74, 6) is 0.965. The van der Waals surface area contributed by atoms with E-state index in [1.807, 2.05) is 29.1 Å². The van der Waals surface area contributed by atoms with Crippen LogP contribution in [0.5, 0.6) is 0 Å². The van der Waals surface area contributed by atoms with E-state index in [0.717, 1.165) is 37.3 Å². The highest BCUT2D eigenvalue weighted by atomic mass is 16.3. The molecule has 0 aliphatic carbocycles. The van der Waals surface area contributed by atoms with E-state index in [2.05, 4.69) is 27.1 Å². The van der Waals surface area contributed by atoms with Gasteiger partial charge in [0.05, 0.1) is 12.1 Å². The number of nitrogens with zero attached hydrogens (tertiary/aromatic N) is 4. The van der Waals surface area contributed by atoms with Crippen LogP contribution in [0.3, 0.4) is 0 Å². The number of nitrogens with one attached hydrogen (secondary N) is 1. The van der Waals surface area contributed by atoms with Crippen molar-refractivity contribution in [3.63, 3.8) is 0 Å². The lowest BCUT2D eigenvalue weighted by atomic mass is 10.0. The Bertz CT molecular complexity index is 703. The molecule has 0 radical (unpaired) electrons. The average Bonchev–Trinajstić information content (AvgIpc) is 3.11. The minimum atomic E-state index is -0.552. The van der Waals surface area contributed by atoms with Crippen molar-refractivity contribution in [1.82, 2.24) is 24.8 Å². The van der Waals surface area contributed by atoms with Crippen LogP contribution in [0.15, 0.2) is 36.9 Å². The molecule has 1 saturated heterocycles. The first-order valence-electron chi connectivity index (χ1n) is 9.24. The number of aromatic nitrogens is 3. The third kappa shape index (κ3) is 4.89. The maximum absolute atomic E-state index is 12.2. The largest absolute Gasteiger partial charge is 0.390 e. The first-order chi connectivity index (χ1) is 12.7. The summed E-state index contributed by atoms with van der Waals surface area (Å²) in [6.07, 6.45) is 8.71. The van der Waals surface area contributed by atoms with Crippen LogP contribution in [0.2, 0.25) is 0 Å². The molecule has 2 aromatic heterocycles. The van der Waals surface area contributed by atoms with Crippen molar-refractivity contribution >= 4 is 5.91 Å². The van der Waals surface area contributed by atoms with Crippen molar-refractivity contribution in [2.24, 2.45) is 0 Å². The van der Waals surface area contributed by atoms with E-state index >= 15 is 0 Å². The Labute approximate surface area is 154 Å². The number of β-amino-alcohol motifs (C(OH)–C–C–N with tert-alkyl or cyclic N) is 1. The second-order valence-electron chi connectivity index (χ2n) is 6.77. The van der Waals surface area contributed by atoms with Gasteiger partial charge in [-0.3, -0.25) is 14.7 Å². The van der Waals surface area contributed by atoms with Crippen LogP contribution in [0.4, 0.5) is 0 Å². The lowest BCUT2D eigenvalue weighted by Gasteiger charge is -2.36. The van der Waals surface area contributed by atoms with Gasteiger partial charge in [-0.15, -0.1) is 0 Å². The minimum absolute atomic E-state index is 0.0227. The molecule has 1 fully saturated rings. The fourth-order valence-electron chi connectivity index (χ4n) is 3.42. The molecular weight excluding hydrogens is 330 g/mol. The van der Waals surface area contributed by atoms with Crippen LogP contribution >= 0.6 is 0 Å². The SMILES string of the molecule is CCc1nccn1CCC(=O)NC1CCN(Cc2cccnc2)CC1O. The molecule has 1 amide bonds. The summed E-state index contributed by atoms with van der Waals surface area (Å²) < 4.78 is 2.01. The Kier molecular flexibility index (Phi) is 6.35. The number of aliphatic hydroxyl groups excluding tert-OH is 1. The van der Waals surface area contributed by atoms with E-state index < -0.39 is 6.10 Å². The Morgan fingerprint density at radius 3 is 3.04 bits per heavy atom. The van der Waals surface area contributed by atoms with Gasteiger partial charge in [0.15, 0.2) is 0 Å². The number of carbonyl (C=O) groups excluding carboxylic acids is 1. The van der Waals surface area contributed by atoms with E-state index in [-0.39, 0.29) is 11.9 Å². The van der Waals surface area contributed by atoms with Gasteiger partial charge in [0, 0.05) is 63.8 Å². The van der Waals surface area contributed by atoms with Crippen molar-refractivity contribution in [3.05, 3.63) is 48.3 Å². The fourth-order valence-corrected chi connectivity index (χ4v) is 3.42. The summed E-state index contributed by atoms with van der Waals surface area (Å²) in [5.41, 5.74) is 1.13. The second kappa shape index (κ2) is 8.91. The molecule has 3 heterocycles. The zero-order chi connectivity index (χ0) is 18.4. The number of pyridine rings is 1. The van der Waals surface area contributed by atoms with Crippen LogP contribution < -0.4 is 5.32 Å². The molecule has 1 aliphatic rings. The predicted octanol–water partition coefficient (Wildman–Crippen LogP) is 0.982. The molecule has 0 bridgehead atoms. The third-order valence-electron chi connectivity index (χ3n) is 4.84. The van der Waals surface area contributed by atoms with Gasteiger partial charge >= 0.3 is 0 Å². The van der Waals surface area contributed by atoms with Crippen molar-refractivity contribution in [2.45, 2.75) is 51.4 Å². The third-order valence-corrected chi connectivity index (χ3v) is 4.84. The second-order valence-corrected chi connectivity index (χ2v) is 6.77. The van der Waals surface area contributed by atoms with E-state index in [1.54, 1.807) is 12.4 Å². The summed E-state index contributed by atoms with van der Waals surface area (Å²) in [4.78, 5) is 22.8. The van der Waals surface area contributed by atoms with Gasteiger partial charge in [-0.25, -0.2) is 4.98 Å². The maximum atomic E-state index is 12.2. The van der Waals surface area contributed by atoms with Gasteiger partial charge in [-0.1, -0.05) is 13.0 Å². The Balaban J connectivity index is 1.43. The number of likely N-dealkylation sites (tertiary alicyclic amines) is 1. The van der Waals surface area contributed by atoms with Gasteiger partial charge in [0.25, 0.3) is 0 Å². The quantitative estimate of drug-likeness (QED) is 0.772. The lowest BCUT2D eigenvalue weighted by Crippen LogP contribution is -2.53. The number of rotatable bonds is 7. The van der Waals surface area contributed by atoms with Crippen LogP contribution in [0.1, 0.15) is 31.2 Å². The van der Waals surface area contributed by atoms with Gasteiger partial charge in [-0.2, -0.15) is 0 Å². The number of piperidine rings is 1. The number of carbonyl (C=O) groups is 1. The van der Waals surface area contributed by atoms with Gasteiger partial charge in [-0.05, 0) is 18.1 Å². The van der Waals surface area contributed by atoms with Crippen LogP contribution in [0.25, 0.3) is 0 Å². The topological polar surface area (TPSA) is 83.3 Å².